The van der Waals surface area contributed by atoms with Gasteiger partial charge in [-0.2, -0.15) is 0 Å². The van der Waals surface area contributed by atoms with Crippen molar-refractivity contribution in [2.24, 2.45) is 5.92 Å². The molecule has 72 valence electrons. The Bertz CT molecular complexity index is 416. The highest BCUT2D eigenvalue weighted by atomic mass is 35.5. The second-order valence-corrected chi connectivity index (χ2v) is 4.41. The molecule has 3 rings (SSSR count). The molecular weight excluding hydrogens is 198 g/mol. The maximum Gasteiger partial charge on any atom is 0.224 e. The van der Waals surface area contributed by atoms with E-state index in [1.54, 1.807) is 0 Å². The molecule has 1 N–H and O–H groups in total. The third-order valence-electron chi connectivity index (χ3n) is 3.19. The number of hydrogen-bond acceptors (Lipinski definition) is 1. The Hall–Kier alpha value is -1.02. The molecule has 1 saturated heterocycles. The molecule has 0 saturated carbocycles. The van der Waals surface area contributed by atoms with E-state index >= 15 is 0 Å². The standard InChI is InChI=1S/C11H10ClNO/c12-9-3-1-2-7-8(9)4-6-5-10(7)13-11(6)14/h1-3,6,10H,4-5H2,(H,13,14). The van der Waals surface area contributed by atoms with Gasteiger partial charge in [-0.15, -0.1) is 0 Å². The zero-order valence-electron chi connectivity index (χ0n) is 7.59. The molecule has 1 aliphatic carbocycles. The number of carbonyl (C=O) groups is 1. The van der Waals surface area contributed by atoms with Crippen molar-refractivity contribution in [1.29, 1.82) is 0 Å². The predicted octanol–water partition coefficient (Wildman–Crippen LogP) is 2.07. The first kappa shape index (κ1) is 8.30. The van der Waals surface area contributed by atoms with Crippen LogP contribution in [0.4, 0.5) is 0 Å². The number of amides is 1. The van der Waals surface area contributed by atoms with Crippen molar-refractivity contribution in [3.8, 4) is 0 Å². The lowest BCUT2D eigenvalue weighted by molar-refractivity contribution is -0.122. The fourth-order valence-corrected chi connectivity index (χ4v) is 2.74. The van der Waals surface area contributed by atoms with Crippen LogP contribution in [-0.4, -0.2) is 5.91 Å². The van der Waals surface area contributed by atoms with Crippen molar-refractivity contribution in [1.82, 2.24) is 5.32 Å². The van der Waals surface area contributed by atoms with E-state index in [-0.39, 0.29) is 17.9 Å². The molecule has 1 aromatic rings. The zero-order chi connectivity index (χ0) is 9.71. The largest absolute Gasteiger partial charge is 0.349 e. The molecule has 1 heterocycles. The van der Waals surface area contributed by atoms with Crippen LogP contribution < -0.4 is 5.32 Å². The van der Waals surface area contributed by atoms with Gasteiger partial charge in [-0.05, 0) is 30.0 Å². The lowest BCUT2D eigenvalue weighted by Gasteiger charge is -2.21. The van der Waals surface area contributed by atoms with Gasteiger partial charge in [0.2, 0.25) is 5.91 Å². The predicted molar refractivity (Wildman–Crippen MR) is 54.1 cm³/mol. The molecule has 3 heteroatoms. The van der Waals surface area contributed by atoms with Crippen LogP contribution in [0.5, 0.6) is 0 Å². The molecule has 1 fully saturated rings. The molecule has 0 spiro atoms. The number of halogens is 1. The zero-order valence-corrected chi connectivity index (χ0v) is 8.34. The number of rotatable bonds is 0. The van der Waals surface area contributed by atoms with Gasteiger partial charge in [0.1, 0.15) is 0 Å². The third kappa shape index (κ3) is 1.01. The summed E-state index contributed by atoms with van der Waals surface area (Å²) >= 11 is 6.11. The van der Waals surface area contributed by atoms with Gasteiger partial charge >= 0.3 is 0 Å². The van der Waals surface area contributed by atoms with E-state index in [0.717, 1.165) is 23.4 Å². The fraction of sp³-hybridized carbons (Fsp3) is 0.364. The highest BCUT2D eigenvalue weighted by Gasteiger charge is 2.38. The fourth-order valence-electron chi connectivity index (χ4n) is 2.48. The number of carbonyl (C=O) groups excluding carboxylic acids is 1. The smallest absolute Gasteiger partial charge is 0.224 e. The van der Waals surface area contributed by atoms with E-state index in [1.807, 2.05) is 12.1 Å². The van der Waals surface area contributed by atoms with Gasteiger partial charge in [0.15, 0.2) is 0 Å². The van der Waals surface area contributed by atoms with E-state index in [9.17, 15) is 4.79 Å². The molecule has 2 atom stereocenters. The summed E-state index contributed by atoms with van der Waals surface area (Å²) in [5, 5.41) is 3.80. The second-order valence-electron chi connectivity index (χ2n) is 4.01. The van der Waals surface area contributed by atoms with Crippen LogP contribution in [0.2, 0.25) is 5.02 Å². The molecule has 2 aliphatic rings. The lowest BCUT2D eigenvalue weighted by Crippen LogP contribution is -2.19. The van der Waals surface area contributed by atoms with Crippen molar-refractivity contribution in [2.75, 3.05) is 0 Å². The first-order chi connectivity index (χ1) is 6.75. The van der Waals surface area contributed by atoms with E-state index in [1.165, 1.54) is 5.56 Å². The van der Waals surface area contributed by atoms with Gasteiger partial charge < -0.3 is 5.32 Å². The maximum atomic E-state index is 11.5. The van der Waals surface area contributed by atoms with E-state index in [4.69, 9.17) is 11.6 Å². The van der Waals surface area contributed by atoms with Crippen LogP contribution in [0.15, 0.2) is 18.2 Å². The Labute approximate surface area is 87.3 Å². The van der Waals surface area contributed by atoms with Crippen molar-refractivity contribution < 1.29 is 4.79 Å². The number of hydrogen-bond donors (Lipinski definition) is 1. The highest BCUT2D eigenvalue weighted by molar-refractivity contribution is 6.31. The molecule has 0 radical (unpaired) electrons. The molecule has 1 aromatic carbocycles. The summed E-state index contributed by atoms with van der Waals surface area (Å²) in [5.41, 5.74) is 2.37. The van der Waals surface area contributed by atoms with E-state index in [0.29, 0.717) is 0 Å². The highest BCUT2D eigenvalue weighted by Crippen LogP contribution is 2.40. The summed E-state index contributed by atoms with van der Waals surface area (Å²) in [6, 6.07) is 6.12. The Morgan fingerprint density at radius 2 is 2.29 bits per heavy atom. The van der Waals surface area contributed by atoms with Crippen LogP contribution >= 0.6 is 11.6 Å². The number of fused-ring (bicyclic) bond motifs is 4. The summed E-state index contributed by atoms with van der Waals surface area (Å²) in [5.74, 6) is 0.328. The first-order valence-corrected chi connectivity index (χ1v) is 5.21. The Morgan fingerprint density at radius 1 is 1.43 bits per heavy atom. The molecule has 0 aromatic heterocycles. The lowest BCUT2D eigenvalue weighted by atomic mass is 9.84. The Kier molecular flexibility index (Phi) is 1.62. The minimum Gasteiger partial charge on any atom is -0.349 e. The summed E-state index contributed by atoms with van der Waals surface area (Å²) in [6.07, 6.45) is 1.74. The van der Waals surface area contributed by atoms with Crippen molar-refractivity contribution in [3.63, 3.8) is 0 Å². The minimum atomic E-state index is 0.146. The van der Waals surface area contributed by atoms with Crippen LogP contribution in [-0.2, 0) is 11.2 Å². The SMILES string of the molecule is O=C1NC2CC1Cc1c(Cl)cccc12. The monoisotopic (exact) mass is 207 g/mol. The summed E-state index contributed by atoms with van der Waals surface area (Å²) in [4.78, 5) is 11.5. The first-order valence-electron chi connectivity index (χ1n) is 4.83. The van der Waals surface area contributed by atoms with Crippen LogP contribution in [0.1, 0.15) is 23.6 Å². The molecule has 14 heavy (non-hydrogen) atoms. The second kappa shape index (κ2) is 2.74. The topological polar surface area (TPSA) is 29.1 Å². The van der Waals surface area contributed by atoms with Gasteiger partial charge in [0.25, 0.3) is 0 Å². The van der Waals surface area contributed by atoms with Crippen LogP contribution in [0.3, 0.4) is 0 Å². The van der Waals surface area contributed by atoms with Crippen LogP contribution in [0, 0.1) is 5.92 Å². The summed E-state index contributed by atoms with van der Waals surface area (Å²) in [6.45, 7) is 0. The normalized spacial score (nSPS) is 28.5. The Balaban J connectivity index is 2.16. The molecule has 1 amide bonds. The average molecular weight is 208 g/mol. The average Bonchev–Trinajstić information content (AvgIpc) is 2.46. The Morgan fingerprint density at radius 3 is 3.14 bits per heavy atom. The van der Waals surface area contributed by atoms with Crippen molar-refractivity contribution >= 4 is 17.5 Å². The summed E-state index contributed by atoms with van der Waals surface area (Å²) in [7, 11) is 0. The number of benzene rings is 1. The van der Waals surface area contributed by atoms with E-state index < -0.39 is 0 Å². The van der Waals surface area contributed by atoms with Crippen molar-refractivity contribution in [3.05, 3.63) is 34.3 Å². The molecule has 2 nitrogen and oxygen atoms in total. The molecular formula is C11H10ClNO. The quantitative estimate of drug-likeness (QED) is 0.694. The van der Waals surface area contributed by atoms with Gasteiger partial charge in [0, 0.05) is 10.9 Å². The minimum absolute atomic E-state index is 0.146. The molecule has 2 unspecified atom stereocenters. The van der Waals surface area contributed by atoms with Gasteiger partial charge in [-0.25, -0.2) is 0 Å². The maximum absolute atomic E-state index is 11.5. The van der Waals surface area contributed by atoms with Gasteiger partial charge in [0.05, 0.1) is 6.04 Å². The number of nitrogens with one attached hydrogen (secondary N) is 1. The third-order valence-corrected chi connectivity index (χ3v) is 3.54. The molecule has 1 aliphatic heterocycles. The van der Waals surface area contributed by atoms with Crippen LogP contribution in [0.25, 0.3) is 0 Å². The summed E-state index contributed by atoms with van der Waals surface area (Å²) < 4.78 is 0. The van der Waals surface area contributed by atoms with E-state index in [2.05, 4.69) is 11.4 Å². The van der Waals surface area contributed by atoms with Crippen molar-refractivity contribution in [2.45, 2.75) is 18.9 Å². The molecule has 2 bridgehead atoms. The van der Waals surface area contributed by atoms with Gasteiger partial charge in [-0.1, -0.05) is 23.7 Å². The van der Waals surface area contributed by atoms with Gasteiger partial charge in [-0.3, -0.25) is 4.79 Å².